The van der Waals surface area contributed by atoms with Crippen molar-refractivity contribution in [2.75, 3.05) is 95.8 Å². The van der Waals surface area contributed by atoms with Gasteiger partial charge in [-0.15, -0.1) is 0 Å². The summed E-state index contributed by atoms with van der Waals surface area (Å²) in [5.74, 6) is 1.75. The number of aliphatic imine (C=N–C) groups is 2. The largest absolute Gasteiger partial charge is 3.00 e. The maximum absolute atomic E-state index is 13.7. The van der Waals surface area contributed by atoms with Gasteiger partial charge < -0.3 is 84.9 Å². The van der Waals surface area contributed by atoms with Crippen LogP contribution in [0, 0.1) is 29.7 Å². The van der Waals surface area contributed by atoms with Crippen molar-refractivity contribution in [3.63, 3.8) is 0 Å². The van der Waals surface area contributed by atoms with Crippen molar-refractivity contribution >= 4 is 11.7 Å². The quantitative estimate of drug-likeness (QED) is 0.0799. The van der Waals surface area contributed by atoms with E-state index >= 15 is 0 Å². The number of hydrogen-bond donors (Lipinski definition) is 0. The molecule has 6 rings (SSSR count). The zero-order chi connectivity index (χ0) is 61.1. The van der Waals surface area contributed by atoms with Crippen LogP contribution in [0.2, 0.25) is 0 Å². The summed E-state index contributed by atoms with van der Waals surface area (Å²) in [5, 5.41) is 37.7. The molecule has 4 aliphatic rings. The SMILES string of the molecule is CC(C)(C)c1cc(C(=NC2CCCCC2)[N-]C2CCCCC2)c([O-])c(C(C)(C)C)c1.CC(C)(C)c1cc(C(=NC2CCCCC2)[N-]C2CCCCC2)c([O-])c(C(C)(C)C)c1.CCOCC.CN(C)CCN(C)C.CN(C)CCN(C)C.[CH3-].[CH3-].[CH3-].[CH3-].[Li+].[Li+].[Y+3].[Y+3]. The first-order valence-corrected chi connectivity index (χ1v) is 32.2. The second-order valence-corrected chi connectivity index (χ2v) is 29.1. The summed E-state index contributed by atoms with van der Waals surface area (Å²) >= 11 is 0. The molecule has 0 bridgehead atoms. The molecule has 15 heteroatoms. The number of benzene rings is 2. The number of hydrogen-bond acceptors (Lipinski definition) is 9. The Balaban J connectivity index is -0.000000214. The van der Waals surface area contributed by atoms with Crippen molar-refractivity contribution in [3.05, 3.63) is 98.0 Å². The third kappa shape index (κ3) is 42.5. The zero-order valence-corrected chi connectivity index (χ0v) is 69.6. The van der Waals surface area contributed by atoms with E-state index in [0.29, 0.717) is 24.2 Å². The predicted octanol–water partition coefficient (Wildman–Crippen LogP) is 11.3. The minimum absolute atomic E-state index is 0. The van der Waals surface area contributed by atoms with Gasteiger partial charge in [0.05, 0.1) is 0 Å². The molecule has 500 valence electrons. The summed E-state index contributed by atoms with van der Waals surface area (Å²) < 4.78 is 4.83. The molecular formula is C74H138Li2N8O3Y2. The van der Waals surface area contributed by atoms with Gasteiger partial charge >= 0.3 is 103 Å². The summed E-state index contributed by atoms with van der Waals surface area (Å²) in [6, 6.07) is 9.73. The van der Waals surface area contributed by atoms with Gasteiger partial charge in [0, 0.05) is 39.4 Å². The van der Waals surface area contributed by atoms with Gasteiger partial charge in [-0.25, -0.2) is 0 Å². The molecule has 4 aliphatic carbocycles. The Bertz CT molecular complexity index is 1940. The first-order valence-electron chi connectivity index (χ1n) is 32.2. The van der Waals surface area contributed by atoms with Gasteiger partial charge in [0.15, 0.2) is 0 Å². The minimum Gasteiger partial charge on any atom is -0.872 e. The molecule has 0 amide bonds. The average molecular weight is 1380 g/mol. The van der Waals surface area contributed by atoms with Crippen molar-refractivity contribution in [1.82, 2.24) is 19.6 Å². The van der Waals surface area contributed by atoms with Crippen molar-refractivity contribution in [2.45, 2.75) is 271 Å². The van der Waals surface area contributed by atoms with Crippen molar-refractivity contribution in [1.29, 1.82) is 0 Å². The molecule has 0 aromatic heterocycles. The molecule has 89 heavy (non-hydrogen) atoms. The van der Waals surface area contributed by atoms with Crippen LogP contribution in [-0.4, -0.2) is 151 Å². The fraction of sp³-hybridized carbons (Fsp3) is 0.757. The Morgan fingerprint density at radius 1 is 0.416 bits per heavy atom. The van der Waals surface area contributed by atoms with Crippen LogP contribution in [0.1, 0.15) is 259 Å². The topological polar surface area (TPSA) is 121 Å². The summed E-state index contributed by atoms with van der Waals surface area (Å²) in [5.41, 5.74) is 5.22. The predicted molar refractivity (Wildman–Crippen MR) is 376 cm³/mol. The van der Waals surface area contributed by atoms with E-state index in [9.17, 15) is 10.2 Å². The Morgan fingerprint density at radius 3 is 0.843 bits per heavy atom. The first-order chi connectivity index (χ1) is 37.8. The van der Waals surface area contributed by atoms with E-state index in [-0.39, 0.29) is 166 Å². The molecule has 0 aliphatic heterocycles. The number of nitrogens with zero attached hydrogens (tertiary/aromatic N) is 8. The van der Waals surface area contributed by atoms with Crippen LogP contribution in [0.15, 0.2) is 34.3 Å². The molecule has 0 atom stereocenters. The fourth-order valence-corrected chi connectivity index (χ4v) is 10.5. The van der Waals surface area contributed by atoms with Gasteiger partial charge in [-0.05, 0) is 149 Å². The van der Waals surface area contributed by atoms with Crippen molar-refractivity contribution < 1.29 is 118 Å². The van der Waals surface area contributed by atoms with E-state index in [1.807, 2.05) is 13.8 Å². The maximum Gasteiger partial charge on any atom is 3.00 e. The molecule has 0 radical (unpaired) electrons. The summed E-state index contributed by atoms with van der Waals surface area (Å²) in [4.78, 5) is 19.0. The van der Waals surface area contributed by atoms with Crippen LogP contribution in [0.3, 0.4) is 0 Å². The van der Waals surface area contributed by atoms with E-state index in [1.54, 1.807) is 0 Å². The molecule has 0 saturated heterocycles. The van der Waals surface area contributed by atoms with E-state index < -0.39 is 0 Å². The van der Waals surface area contributed by atoms with Gasteiger partial charge in [0.2, 0.25) is 0 Å². The monoisotopic (exact) mass is 1380 g/mol. The summed E-state index contributed by atoms with van der Waals surface area (Å²) in [7, 11) is 16.7. The second-order valence-electron chi connectivity index (χ2n) is 29.1. The molecule has 11 nitrogen and oxygen atoms in total. The normalized spacial score (nSPS) is 16.2. The number of ether oxygens (including phenoxy) is 1. The first kappa shape index (κ1) is 103. The van der Waals surface area contributed by atoms with E-state index in [2.05, 4.69) is 183 Å². The fourth-order valence-electron chi connectivity index (χ4n) is 10.5. The minimum atomic E-state index is -0.201. The number of likely N-dealkylation sites (N-methyl/N-ethyl adjacent to an activating group) is 4. The van der Waals surface area contributed by atoms with Crippen LogP contribution in [0.4, 0.5) is 0 Å². The van der Waals surface area contributed by atoms with Crippen molar-refractivity contribution in [2.24, 2.45) is 9.98 Å². The Kier molecular flexibility index (Phi) is 60.4. The van der Waals surface area contributed by atoms with Gasteiger partial charge in [-0.3, -0.25) is 0 Å². The standard InChI is InChI=1S/2C27H43N2O.2C6H16N2.C4H10O.4CH3.2Li.2Y/c2*1-26(2,3)19-17-22(24(30)23(18-19)27(4,5)6)25(28-20-13-9-7-10-14-20)29-21-15-11-8-12-16-21;2*1-7(2)5-6-8(3)4;1-3-5-4-2;;;;;;;;/h2*17-18,20-21H,7-16H2,1-6H3,(H-,28,29,30);2*5-6H2,1-4H3;3-4H2,1-2H3;4*1H3;;;;/q2*-1;;;;4*-1;2*+1;2*+3/p-2. The Morgan fingerprint density at radius 2 is 0.652 bits per heavy atom. The van der Waals surface area contributed by atoms with Crippen LogP contribution in [-0.2, 0) is 91.8 Å². The van der Waals surface area contributed by atoms with E-state index in [4.69, 9.17) is 25.4 Å². The average Bonchev–Trinajstić information content (AvgIpc) is 3.38. The molecule has 4 saturated carbocycles. The third-order valence-corrected chi connectivity index (χ3v) is 15.9. The van der Waals surface area contributed by atoms with Crippen LogP contribution < -0.4 is 47.9 Å². The molecular weight excluding hydrogens is 1240 g/mol. The molecule has 2 aromatic rings. The molecule has 0 N–H and O–H groups in total. The molecule has 4 fully saturated rings. The van der Waals surface area contributed by atoms with E-state index in [1.165, 1.54) is 88.2 Å². The number of amidine groups is 2. The third-order valence-electron chi connectivity index (χ3n) is 15.9. The molecule has 0 unspecified atom stereocenters. The maximum atomic E-state index is 13.7. The smallest absolute Gasteiger partial charge is 0.872 e. The van der Waals surface area contributed by atoms with Gasteiger partial charge in [-0.2, -0.15) is 0 Å². The van der Waals surface area contributed by atoms with Crippen LogP contribution in [0.5, 0.6) is 11.5 Å². The molecule has 2 aromatic carbocycles. The Labute approximate surface area is 629 Å². The van der Waals surface area contributed by atoms with Gasteiger partial charge in [0.1, 0.15) is 0 Å². The van der Waals surface area contributed by atoms with Crippen molar-refractivity contribution in [3.8, 4) is 11.5 Å². The Hall–Kier alpha value is 0.183. The molecule has 0 heterocycles. The summed E-state index contributed by atoms with van der Waals surface area (Å²) in [6.07, 6.45) is 24.2. The van der Waals surface area contributed by atoms with Crippen LogP contribution >= 0.6 is 0 Å². The second kappa shape index (κ2) is 52.3. The number of rotatable bonds is 14. The van der Waals surface area contributed by atoms with Gasteiger partial charge in [-0.1, -0.05) is 259 Å². The van der Waals surface area contributed by atoms with Crippen LogP contribution in [0.25, 0.3) is 10.6 Å². The molecule has 0 spiro atoms. The van der Waals surface area contributed by atoms with Gasteiger partial charge in [0.25, 0.3) is 0 Å². The zero-order valence-electron chi connectivity index (χ0n) is 64.0. The van der Waals surface area contributed by atoms with E-state index in [0.717, 1.165) is 125 Å². The summed E-state index contributed by atoms with van der Waals surface area (Å²) in [6.45, 7) is 36.4.